The normalized spacial score (nSPS) is 20.9. The summed E-state index contributed by atoms with van der Waals surface area (Å²) in [5, 5.41) is 11.7. The van der Waals surface area contributed by atoms with E-state index in [9.17, 15) is 14.7 Å². The predicted molar refractivity (Wildman–Crippen MR) is 125 cm³/mol. The second-order valence-corrected chi connectivity index (χ2v) is 8.40. The van der Waals surface area contributed by atoms with Gasteiger partial charge in [-0.2, -0.15) is 0 Å². The van der Waals surface area contributed by atoms with Crippen LogP contribution in [-0.2, 0) is 14.3 Å². The topological polar surface area (TPSA) is 79.3 Å². The van der Waals surface area contributed by atoms with Crippen LogP contribution in [0, 0.1) is 0 Å². The molecule has 1 amide bonds. The number of hydrogen-bond donors (Lipinski definition) is 1. The summed E-state index contributed by atoms with van der Waals surface area (Å²) >= 11 is 6.08. The molecule has 1 unspecified atom stereocenters. The zero-order valence-corrected chi connectivity index (χ0v) is 19.3. The summed E-state index contributed by atoms with van der Waals surface area (Å²) in [4.78, 5) is 30.0. The molecule has 2 aliphatic heterocycles. The lowest BCUT2D eigenvalue weighted by atomic mass is 9.95. The number of carbonyl (C=O) groups is 2. The minimum Gasteiger partial charge on any atom is -0.507 e. The van der Waals surface area contributed by atoms with Crippen LogP contribution in [0.4, 0.5) is 0 Å². The molecule has 4 rings (SSSR count). The molecule has 1 atom stereocenters. The Morgan fingerprint density at radius 3 is 2.55 bits per heavy atom. The van der Waals surface area contributed by atoms with Gasteiger partial charge in [0, 0.05) is 36.8 Å². The summed E-state index contributed by atoms with van der Waals surface area (Å²) in [5.41, 5.74) is 1.20. The van der Waals surface area contributed by atoms with E-state index in [-0.39, 0.29) is 11.3 Å². The molecule has 0 bridgehead atoms. The molecule has 0 radical (unpaired) electrons. The molecule has 1 N–H and O–H groups in total. The van der Waals surface area contributed by atoms with Gasteiger partial charge in [0.05, 0.1) is 31.4 Å². The number of rotatable bonds is 7. The highest BCUT2D eigenvalue weighted by Gasteiger charge is 2.46. The van der Waals surface area contributed by atoms with E-state index in [4.69, 9.17) is 21.1 Å². The summed E-state index contributed by atoms with van der Waals surface area (Å²) in [5.74, 6) is -0.961. The average Bonchev–Trinajstić information content (AvgIpc) is 3.08. The van der Waals surface area contributed by atoms with Gasteiger partial charge in [-0.25, -0.2) is 0 Å². The lowest BCUT2D eigenvalue weighted by Gasteiger charge is -2.31. The fraction of sp³-hybridized carbons (Fsp3) is 0.360. The molecule has 2 saturated heterocycles. The largest absolute Gasteiger partial charge is 0.507 e. The van der Waals surface area contributed by atoms with Crippen molar-refractivity contribution in [3.8, 4) is 5.75 Å². The molecule has 33 heavy (non-hydrogen) atoms. The quantitative estimate of drug-likeness (QED) is 0.379. The molecule has 2 aromatic carbocycles. The van der Waals surface area contributed by atoms with E-state index in [0.717, 1.165) is 13.1 Å². The Balaban J connectivity index is 1.73. The molecule has 0 saturated carbocycles. The molecule has 7 nitrogen and oxygen atoms in total. The zero-order chi connectivity index (χ0) is 23.4. The number of ether oxygens (including phenoxy) is 2. The van der Waals surface area contributed by atoms with Gasteiger partial charge < -0.3 is 19.5 Å². The van der Waals surface area contributed by atoms with Crippen LogP contribution in [0.3, 0.4) is 0 Å². The van der Waals surface area contributed by atoms with Gasteiger partial charge in [0.15, 0.2) is 0 Å². The Morgan fingerprint density at radius 1 is 1.12 bits per heavy atom. The first-order valence-electron chi connectivity index (χ1n) is 11.1. The van der Waals surface area contributed by atoms with Crippen molar-refractivity contribution in [2.24, 2.45) is 0 Å². The van der Waals surface area contributed by atoms with Gasteiger partial charge in [0.1, 0.15) is 11.5 Å². The van der Waals surface area contributed by atoms with Crippen molar-refractivity contribution in [1.82, 2.24) is 9.80 Å². The van der Waals surface area contributed by atoms with E-state index in [0.29, 0.717) is 54.8 Å². The highest BCUT2D eigenvalue weighted by molar-refractivity contribution is 6.46. The number of nitrogens with zero attached hydrogens (tertiary/aromatic N) is 2. The van der Waals surface area contributed by atoms with Gasteiger partial charge in [0.2, 0.25) is 0 Å². The molecule has 2 fully saturated rings. The lowest BCUT2D eigenvalue weighted by molar-refractivity contribution is -0.140. The predicted octanol–water partition coefficient (Wildman–Crippen LogP) is 3.49. The van der Waals surface area contributed by atoms with Crippen LogP contribution in [0.1, 0.15) is 24.1 Å². The minimum absolute atomic E-state index is 0.0675. The van der Waals surface area contributed by atoms with Gasteiger partial charge in [-0.1, -0.05) is 35.9 Å². The van der Waals surface area contributed by atoms with Crippen molar-refractivity contribution in [2.45, 2.75) is 13.0 Å². The van der Waals surface area contributed by atoms with Gasteiger partial charge in [0.25, 0.3) is 11.7 Å². The zero-order valence-electron chi connectivity index (χ0n) is 18.5. The highest BCUT2D eigenvalue weighted by atomic mass is 35.5. The van der Waals surface area contributed by atoms with Crippen LogP contribution in [-0.4, -0.2) is 72.6 Å². The molecular formula is C25H27ClN2O5. The molecule has 0 aromatic heterocycles. The fourth-order valence-electron chi connectivity index (χ4n) is 4.23. The summed E-state index contributed by atoms with van der Waals surface area (Å²) in [7, 11) is 0. The van der Waals surface area contributed by atoms with Crippen LogP contribution in [0.15, 0.2) is 54.1 Å². The summed E-state index contributed by atoms with van der Waals surface area (Å²) < 4.78 is 10.9. The number of ketones is 1. The molecule has 8 heteroatoms. The number of morpholine rings is 1. The van der Waals surface area contributed by atoms with Crippen molar-refractivity contribution in [3.63, 3.8) is 0 Å². The maximum Gasteiger partial charge on any atom is 0.295 e. The number of benzene rings is 2. The molecule has 0 spiro atoms. The molecule has 0 aliphatic carbocycles. The van der Waals surface area contributed by atoms with E-state index in [1.54, 1.807) is 53.4 Å². The second kappa shape index (κ2) is 10.4. The first kappa shape index (κ1) is 23.3. The lowest BCUT2D eigenvalue weighted by Crippen LogP contribution is -2.42. The van der Waals surface area contributed by atoms with Gasteiger partial charge in [-0.3, -0.25) is 14.5 Å². The summed E-state index contributed by atoms with van der Waals surface area (Å²) in [6, 6.07) is 13.2. The number of likely N-dealkylation sites (tertiary alicyclic amines) is 1. The van der Waals surface area contributed by atoms with Crippen LogP contribution < -0.4 is 4.74 Å². The van der Waals surface area contributed by atoms with E-state index >= 15 is 0 Å². The monoisotopic (exact) mass is 470 g/mol. The van der Waals surface area contributed by atoms with Crippen molar-refractivity contribution >= 4 is 29.1 Å². The van der Waals surface area contributed by atoms with Gasteiger partial charge in [-0.15, -0.1) is 0 Å². The van der Waals surface area contributed by atoms with Crippen LogP contribution >= 0.6 is 11.6 Å². The fourth-order valence-corrected chi connectivity index (χ4v) is 4.36. The Labute approximate surface area is 198 Å². The molecular weight excluding hydrogens is 444 g/mol. The Hall–Kier alpha value is -2.87. The minimum atomic E-state index is -0.709. The maximum absolute atomic E-state index is 13.1. The molecule has 2 heterocycles. The van der Waals surface area contributed by atoms with Crippen molar-refractivity contribution in [1.29, 1.82) is 0 Å². The van der Waals surface area contributed by atoms with Gasteiger partial charge in [-0.05, 0) is 36.8 Å². The third-order valence-corrected chi connectivity index (χ3v) is 6.16. The molecule has 174 valence electrons. The van der Waals surface area contributed by atoms with Crippen LogP contribution in [0.25, 0.3) is 5.76 Å². The smallest absolute Gasteiger partial charge is 0.295 e. The Bertz CT molecular complexity index is 1050. The number of amides is 1. The van der Waals surface area contributed by atoms with Gasteiger partial charge >= 0.3 is 0 Å². The second-order valence-electron chi connectivity index (χ2n) is 7.96. The first-order valence-corrected chi connectivity index (χ1v) is 11.4. The molecule has 2 aliphatic rings. The number of halogens is 1. The van der Waals surface area contributed by atoms with E-state index in [1.165, 1.54) is 0 Å². The average molecular weight is 471 g/mol. The summed E-state index contributed by atoms with van der Waals surface area (Å²) in [6.07, 6.45) is 0. The highest BCUT2D eigenvalue weighted by Crippen LogP contribution is 2.39. The maximum atomic E-state index is 13.1. The number of Topliss-reactive ketones (excluding diaryl/α,β-unsaturated/α-hetero) is 1. The number of hydrogen-bond acceptors (Lipinski definition) is 6. The third kappa shape index (κ3) is 5.05. The van der Waals surface area contributed by atoms with Crippen molar-refractivity contribution in [2.75, 3.05) is 46.0 Å². The SMILES string of the molecule is CCOc1cccc(C(O)=C2C(=O)C(=O)N(CCN3CCOCC3)C2c2ccc(Cl)cc2)c1. The van der Waals surface area contributed by atoms with E-state index in [1.807, 2.05) is 6.92 Å². The summed E-state index contributed by atoms with van der Waals surface area (Å²) in [6.45, 7) is 6.16. The van der Waals surface area contributed by atoms with E-state index < -0.39 is 17.7 Å². The standard InChI is InChI=1S/C25H27ClN2O5/c1-2-33-20-5-3-4-18(16-20)23(29)21-22(17-6-8-19(26)9-7-17)28(25(31)24(21)30)11-10-27-12-14-32-15-13-27/h3-9,16,22,29H,2,10-15H2,1H3. The van der Waals surface area contributed by atoms with Crippen LogP contribution in [0.5, 0.6) is 5.75 Å². The van der Waals surface area contributed by atoms with Crippen molar-refractivity contribution < 1.29 is 24.2 Å². The third-order valence-electron chi connectivity index (χ3n) is 5.91. The van der Waals surface area contributed by atoms with E-state index in [2.05, 4.69) is 4.90 Å². The number of aliphatic hydroxyl groups excluding tert-OH is 1. The number of aliphatic hydroxyl groups is 1. The number of carbonyl (C=O) groups excluding carboxylic acids is 2. The Morgan fingerprint density at radius 2 is 1.85 bits per heavy atom. The van der Waals surface area contributed by atoms with Crippen molar-refractivity contribution in [3.05, 3.63) is 70.3 Å². The Kier molecular flexibility index (Phi) is 7.33. The first-order chi connectivity index (χ1) is 16.0. The van der Waals surface area contributed by atoms with Crippen LogP contribution in [0.2, 0.25) is 5.02 Å². The molecule has 2 aromatic rings.